The molecule has 3 nitrogen and oxygen atoms in total. The molecule has 0 aliphatic carbocycles. The molecule has 0 spiro atoms. The number of hydrogen-bond donors (Lipinski definition) is 1. The quantitative estimate of drug-likeness (QED) is 0.754. The first kappa shape index (κ1) is 14.6. The minimum Gasteiger partial charge on any atom is -0.494 e. The monoisotopic (exact) mass is 249 g/mol. The second-order valence-corrected chi connectivity index (χ2v) is 4.65. The van der Waals surface area contributed by atoms with Gasteiger partial charge in [0.25, 0.3) is 0 Å². The second kappa shape index (κ2) is 7.75. The normalized spacial score (nSPS) is 11.9. The summed E-state index contributed by atoms with van der Waals surface area (Å²) in [6.45, 7) is 6.69. The Morgan fingerprint density at radius 3 is 2.89 bits per heavy atom. The van der Waals surface area contributed by atoms with Gasteiger partial charge >= 0.3 is 0 Å². The number of amides is 1. The standard InChI is InChI=1S/C15H23NO2/c1-4-13(3)16-15(17)9-6-10-18-14-8-5-7-12(2)11-14/h5,7-8,11,13H,4,6,9-10H2,1-3H3,(H,16,17)/t13-/m0/s1. The van der Waals surface area contributed by atoms with Gasteiger partial charge in [-0.25, -0.2) is 0 Å². The van der Waals surface area contributed by atoms with E-state index >= 15 is 0 Å². The van der Waals surface area contributed by atoms with E-state index in [-0.39, 0.29) is 11.9 Å². The molecule has 0 heterocycles. The summed E-state index contributed by atoms with van der Waals surface area (Å²) >= 11 is 0. The molecule has 100 valence electrons. The average Bonchev–Trinajstić information content (AvgIpc) is 2.34. The smallest absolute Gasteiger partial charge is 0.220 e. The summed E-state index contributed by atoms with van der Waals surface area (Å²) in [5, 5.41) is 2.94. The number of carbonyl (C=O) groups excluding carboxylic acids is 1. The molecule has 1 aromatic rings. The molecule has 0 bridgehead atoms. The van der Waals surface area contributed by atoms with E-state index in [2.05, 4.69) is 12.2 Å². The molecule has 0 radical (unpaired) electrons. The fourth-order valence-corrected chi connectivity index (χ4v) is 1.58. The number of benzene rings is 1. The molecule has 0 aliphatic rings. The Bertz CT molecular complexity index is 377. The zero-order valence-corrected chi connectivity index (χ0v) is 11.5. The van der Waals surface area contributed by atoms with Crippen LogP contribution in [0.5, 0.6) is 5.75 Å². The highest BCUT2D eigenvalue weighted by molar-refractivity contribution is 5.76. The first-order chi connectivity index (χ1) is 8.61. The van der Waals surface area contributed by atoms with Crippen LogP contribution in [0.4, 0.5) is 0 Å². The Kier molecular flexibility index (Phi) is 6.26. The van der Waals surface area contributed by atoms with Crippen molar-refractivity contribution >= 4 is 5.91 Å². The molecule has 1 amide bonds. The van der Waals surface area contributed by atoms with Crippen LogP contribution in [0.15, 0.2) is 24.3 Å². The van der Waals surface area contributed by atoms with E-state index in [1.807, 2.05) is 38.1 Å². The van der Waals surface area contributed by atoms with Crippen molar-refractivity contribution in [2.24, 2.45) is 0 Å². The highest BCUT2D eigenvalue weighted by Gasteiger charge is 2.04. The van der Waals surface area contributed by atoms with Gasteiger partial charge in [0.05, 0.1) is 6.61 Å². The van der Waals surface area contributed by atoms with E-state index in [0.717, 1.165) is 18.6 Å². The lowest BCUT2D eigenvalue weighted by molar-refractivity contribution is -0.121. The lowest BCUT2D eigenvalue weighted by atomic mass is 10.2. The van der Waals surface area contributed by atoms with Crippen LogP contribution in [-0.2, 0) is 4.79 Å². The third kappa shape index (κ3) is 5.71. The van der Waals surface area contributed by atoms with Gasteiger partial charge in [0.1, 0.15) is 5.75 Å². The topological polar surface area (TPSA) is 38.3 Å². The van der Waals surface area contributed by atoms with Gasteiger partial charge in [-0.1, -0.05) is 19.1 Å². The van der Waals surface area contributed by atoms with E-state index in [4.69, 9.17) is 4.74 Å². The zero-order chi connectivity index (χ0) is 13.4. The molecule has 0 fully saturated rings. The van der Waals surface area contributed by atoms with E-state index in [1.165, 1.54) is 5.56 Å². The van der Waals surface area contributed by atoms with Gasteiger partial charge in [0.15, 0.2) is 0 Å². The SMILES string of the molecule is CC[C@H](C)NC(=O)CCCOc1cccc(C)c1. The van der Waals surface area contributed by atoms with Crippen molar-refractivity contribution in [2.75, 3.05) is 6.61 Å². The number of aryl methyl sites for hydroxylation is 1. The highest BCUT2D eigenvalue weighted by Crippen LogP contribution is 2.12. The molecule has 1 N–H and O–H groups in total. The number of carbonyl (C=O) groups is 1. The predicted molar refractivity (Wildman–Crippen MR) is 73.8 cm³/mol. The molecule has 0 saturated heterocycles. The lowest BCUT2D eigenvalue weighted by Crippen LogP contribution is -2.31. The van der Waals surface area contributed by atoms with Gasteiger partial charge in [-0.15, -0.1) is 0 Å². The van der Waals surface area contributed by atoms with E-state index in [1.54, 1.807) is 0 Å². The van der Waals surface area contributed by atoms with Gasteiger partial charge in [0, 0.05) is 12.5 Å². The highest BCUT2D eigenvalue weighted by atomic mass is 16.5. The van der Waals surface area contributed by atoms with Crippen LogP contribution in [0.3, 0.4) is 0 Å². The molecule has 0 saturated carbocycles. The predicted octanol–water partition coefficient (Wildman–Crippen LogP) is 3.07. The first-order valence-electron chi connectivity index (χ1n) is 6.60. The Morgan fingerprint density at radius 1 is 1.44 bits per heavy atom. The molecule has 0 unspecified atom stereocenters. The van der Waals surface area contributed by atoms with Crippen LogP contribution < -0.4 is 10.1 Å². The minimum atomic E-state index is 0.109. The maximum Gasteiger partial charge on any atom is 0.220 e. The first-order valence-corrected chi connectivity index (χ1v) is 6.60. The lowest BCUT2D eigenvalue weighted by Gasteiger charge is -2.11. The van der Waals surface area contributed by atoms with Crippen LogP contribution in [-0.4, -0.2) is 18.6 Å². The van der Waals surface area contributed by atoms with E-state index in [9.17, 15) is 4.79 Å². The third-order valence-electron chi connectivity index (χ3n) is 2.83. The van der Waals surface area contributed by atoms with Crippen molar-refractivity contribution in [3.63, 3.8) is 0 Å². The third-order valence-corrected chi connectivity index (χ3v) is 2.83. The molecular formula is C15H23NO2. The summed E-state index contributed by atoms with van der Waals surface area (Å²) in [6.07, 6.45) is 2.23. The molecule has 3 heteroatoms. The molecule has 0 aromatic heterocycles. The Balaban J connectivity index is 2.17. The number of ether oxygens (including phenoxy) is 1. The summed E-state index contributed by atoms with van der Waals surface area (Å²) in [6, 6.07) is 8.20. The van der Waals surface area contributed by atoms with Crippen LogP contribution in [0.25, 0.3) is 0 Å². The van der Waals surface area contributed by atoms with Gasteiger partial charge in [-0.3, -0.25) is 4.79 Å². The summed E-state index contributed by atoms with van der Waals surface area (Å²) in [5.41, 5.74) is 1.18. The van der Waals surface area contributed by atoms with Crippen molar-refractivity contribution in [2.45, 2.75) is 46.1 Å². The van der Waals surface area contributed by atoms with Crippen molar-refractivity contribution < 1.29 is 9.53 Å². The Hall–Kier alpha value is -1.51. The maximum atomic E-state index is 11.5. The van der Waals surface area contributed by atoms with Crippen LogP contribution >= 0.6 is 0 Å². The van der Waals surface area contributed by atoms with E-state index in [0.29, 0.717) is 13.0 Å². The zero-order valence-electron chi connectivity index (χ0n) is 11.5. The largest absolute Gasteiger partial charge is 0.494 e. The number of rotatable bonds is 7. The summed E-state index contributed by atoms with van der Waals surface area (Å²) in [5.74, 6) is 0.981. The average molecular weight is 249 g/mol. The number of nitrogens with one attached hydrogen (secondary N) is 1. The van der Waals surface area contributed by atoms with Gasteiger partial charge in [-0.2, -0.15) is 0 Å². The molecule has 1 atom stereocenters. The fraction of sp³-hybridized carbons (Fsp3) is 0.533. The minimum absolute atomic E-state index is 0.109. The van der Waals surface area contributed by atoms with Crippen molar-refractivity contribution in [3.8, 4) is 5.75 Å². The van der Waals surface area contributed by atoms with Crippen LogP contribution in [0, 0.1) is 6.92 Å². The molecule has 1 aromatic carbocycles. The summed E-state index contributed by atoms with van der Waals surface area (Å²) < 4.78 is 5.59. The molecule has 0 aliphatic heterocycles. The van der Waals surface area contributed by atoms with Crippen LogP contribution in [0.1, 0.15) is 38.7 Å². The molecular weight excluding hydrogens is 226 g/mol. The Labute approximate surface area is 110 Å². The van der Waals surface area contributed by atoms with Crippen molar-refractivity contribution in [1.29, 1.82) is 0 Å². The van der Waals surface area contributed by atoms with Gasteiger partial charge in [0.2, 0.25) is 5.91 Å². The van der Waals surface area contributed by atoms with Crippen molar-refractivity contribution in [1.82, 2.24) is 5.32 Å². The van der Waals surface area contributed by atoms with E-state index < -0.39 is 0 Å². The van der Waals surface area contributed by atoms with Gasteiger partial charge in [-0.05, 0) is 44.4 Å². The summed E-state index contributed by atoms with van der Waals surface area (Å²) in [4.78, 5) is 11.5. The maximum absolute atomic E-state index is 11.5. The number of hydrogen-bond acceptors (Lipinski definition) is 2. The van der Waals surface area contributed by atoms with Crippen molar-refractivity contribution in [3.05, 3.63) is 29.8 Å². The Morgan fingerprint density at radius 2 is 2.22 bits per heavy atom. The molecule has 1 rings (SSSR count). The fourth-order valence-electron chi connectivity index (χ4n) is 1.58. The van der Waals surface area contributed by atoms with Crippen LogP contribution in [0.2, 0.25) is 0 Å². The molecule has 18 heavy (non-hydrogen) atoms. The second-order valence-electron chi connectivity index (χ2n) is 4.65. The van der Waals surface area contributed by atoms with Gasteiger partial charge < -0.3 is 10.1 Å². The summed E-state index contributed by atoms with van der Waals surface area (Å²) in [7, 11) is 0.